The summed E-state index contributed by atoms with van der Waals surface area (Å²) in [7, 11) is 3.57. The molecule has 1 aromatic heterocycles. The fraction of sp³-hybridized carbons (Fsp3) is 0.421. The molecule has 1 aliphatic rings. The van der Waals surface area contributed by atoms with Crippen LogP contribution in [0.1, 0.15) is 27.7 Å². The molecular formula is C19H26IN3OS. The number of rotatable bonds is 4. The summed E-state index contributed by atoms with van der Waals surface area (Å²) >= 11 is 1.84. The monoisotopic (exact) mass is 471 g/mol. The van der Waals surface area contributed by atoms with Crippen molar-refractivity contribution in [2.24, 2.45) is 4.99 Å². The largest absolute Gasteiger partial charge is 0.497 e. The van der Waals surface area contributed by atoms with Crippen LogP contribution in [-0.2, 0) is 6.54 Å². The van der Waals surface area contributed by atoms with Crippen molar-refractivity contribution in [2.75, 3.05) is 27.2 Å². The molecule has 0 aliphatic carbocycles. The van der Waals surface area contributed by atoms with Gasteiger partial charge < -0.3 is 15.0 Å². The Morgan fingerprint density at radius 1 is 1.28 bits per heavy atom. The smallest absolute Gasteiger partial charge is 0.193 e. The van der Waals surface area contributed by atoms with E-state index >= 15 is 0 Å². The molecule has 0 saturated carbocycles. The first-order chi connectivity index (χ1) is 11.7. The fourth-order valence-electron chi connectivity index (χ4n) is 3.18. The molecule has 1 unspecified atom stereocenters. The molecule has 1 saturated heterocycles. The summed E-state index contributed by atoms with van der Waals surface area (Å²) in [6.07, 6.45) is 1.16. The highest BCUT2D eigenvalue weighted by Crippen LogP contribution is 2.28. The van der Waals surface area contributed by atoms with Gasteiger partial charge in [-0.05, 0) is 43.2 Å². The lowest BCUT2D eigenvalue weighted by Crippen LogP contribution is -2.39. The van der Waals surface area contributed by atoms with Crippen LogP contribution in [0.25, 0.3) is 0 Å². The van der Waals surface area contributed by atoms with Crippen LogP contribution in [0.3, 0.4) is 0 Å². The summed E-state index contributed by atoms with van der Waals surface area (Å²) in [4.78, 5) is 9.52. The highest BCUT2D eigenvalue weighted by Gasteiger charge is 2.26. The van der Waals surface area contributed by atoms with Crippen molar-refractivity contribution < 1.29 is 4.74 Å². The van der Waals surface area contributed by atoms with Gasteiger partial charge in [0.05, 0.1) is 13.7 Å². The first-order valence-electron chi connectivity index (χ1n) is 8.34. The number of hydrogen-bond acceptors (Lipinski definition) is 3. The average Bonchev–Trinajstić information content (AvgIpc) is 3.25. The maximum atomic E-state index is 5.25. The van der Waals surface area contributed by atoms with E-state index in [1.807, 2.05) is 30.5 Å². The van der Waals surface area contributed by atoms with E-state index in [1.165, 1.54) is 15.3 Å². The molecule has 0 bridgehead atoms. The maximum Gasteiger partial charge on any atom is 0.193 e. The van der Waals surface area contributed by atoms with E-state index in [0.717, 1.165) is 37.8 Å². The zero-order valence-electron chi connectivity index (χ0n) is 15.0. The molecular weight excluding hydrogens is 445 g/mol. The topological polar surface area (TPSA) is 36.9 Å². The van der Waals surface area contributed by atoms with E-state index in [9.17, 15) is 0 Å². The minimum absolute atomic E-state index is 0. The molecule has 0 amide bonds. The van der Waals surface area contributed by atoms with Gasteiger partial charge in [-0.3, -0.25) is 4.99 Å². The van der Waals surface area contributed by atoms with E-state index < -0.39 is 0 Å². The Hall–Kier alpha value is -1.28. The molecule has 1 aliphatic heterocycles. The van der Waals surface area contributed by atoms with Gasteiger partial charge in [-0.2, -0.15) is 0 Å². The number of thiophene rings is 1. The molecule has 3 rings (SSSR count). The van der Waals surface area contributed by atoms with Gasteiger partial charge in [-0.1, -0.05) is 12.1 Å². The molecule has 2 heterocycles. The Bertz CT molecular complexity index is 699. The van der Waals surface area contributed by atoms with Gasteiger partial charge in [0.25, 0.3) is 0 Å². The molecule has 1 fully saturated rings. The molecule has 1 atom stereocenters. The Labute approximate surface area is 171 Å². The summed E-state index contributed by atoms with van der Waals surface area (Å²) in [6.45, 7) is 5.03. The van der Waals surface area contributed by atoms with E-state index in [2.05, 4.69) is 46.4 Å². The summed E-state index contributed by atoms with van der Waals surface area (Å²) in [5, 5.41) is 3.50. The molecule has 4 nitrogen and oxygen atoms in total. The number of aliphatic imine (C=N–C) groups is 1. The predicted molar refractivity (Wildman–Crippen MR) is 117 cm³/mol. The number of halogens is 1. The van der Waals surface area contributed by atoms with E-state index in [-0.39, 0.29) is 24.0 Å². The Morgan fingerprint density at radius 3 is 2.64 bits per heavy atom. The van der Waals surface area contributed by atoms with Gasteiger partial charge in [-0.25, -0.2) is 0 Å². The average molecular weight is 471 g/mol. The molecule has 2 aromatic rings. The summed E-state index contributed by atoms with van der Waals surface area (Å²) < 4.78 is 5.25. The first-order valence-corrected chi connectivity index (χ1v) is 9.16. The minimum Gasteiger partial charge on any atom is -0.497 e. The SMILES string of the molecule is CN=C(NCc1ccc(C)s1)N1CCC(c2ccc(OC)cc2)C1.I. The number of ether oxygens (including phenoxy) is 1. The van der Waals surface area contributed by atoms with Crippen LogP contribution in [0, 0.1) is 6.92 Å². The molecule has 0 spiro atoms. The van der Waals surface area contributed by atoms with Crippen molar-refractivity contribution in [3.8, 4) is 5.75 Å². The normalized spacial score (nSPS) is 17.3. The number of hydrogen-bond donors (Lipinski definition) is 1. The number of guanidine groups is 1. The number of nitrogens with zero attached hydrogens (tertiary/aromatic N) is 2. The standard InChI is InChI=1S/C19H25N3OS.HI/c1-14-4-9-18(24-14)12-21-19(20-2)22-11-10-16(13-22)15-5-7-17(23-3)8-6-15;/h4-9,16H,10-13H2,1-3H3,(H,20,21);1H. The Balaban J connectivity index is 0.00000225. The second kappa shape index (κ2) is 9.43. The van der Waals surface area contributed by atoms with Crippen molar-refractivity contribution in [1.29, 1.82) is 0 Å². The molecule has 1 N–H and O–H groups in total. The second-order valence-electron chi connectivity index (χ2n) is 6.12. The van der Waals surface area contributed by atoms with Crippen molar-refractivity contribution in [3.05, 3.63) is 51.7 Å². The van der Waals surface area contributed by atoms with E-state index in [1.54, 1.807) is 7.11 Å². The first kappa shape index (κ1) is 20.0. The third-order valence-electron chi connectivity index (χ3n) is 4.50. The lowest BCUT2D eigenvalue weighted by Gasteiger charge is -2.21. The van der Waals surface area contributed by atoms with Gasteiger partial charge in [-0.15, -0.1) is 35.3 Å². The molecule has 0 radical (unpaired) electrons. The molecule has 6 heteroatoms. The zero-order chi connectivity index (χ0) is 16.9. The van der Waals surface area contributed by atoms with Gasteiger partial charge in [0, 0.05) is 35.8 Å². The van der Waals surface area contributed by atoms with Crippen LogP contribution in [0.4, 0.5) is 0 Å². The number of benzene rings is 1. The van der Waals surface area contributed by atoms with E-state index in [0.29, 0.717) is 5.92 Å². The highest BCUT2D eigenvalue weighted by atomic mass is 127. The number of likely N-dealkylation sites (tertiary alicyclic amines) is 1. The third-order valence-corrected chi connectivity index (χ3v) is 5.50. The fourth-order valence-corrected chi connectivity index (χ4v) is 4.01. The summed E-state index contributed by atoms with van der Waals surface area (Å²) in [5.74, 6) is 2.47. The number of nitrogens with one attached hydrogen (secondary N) is 1. The number of aryl methyl sites for hydroxylation is 1. The molecule has 136 valence electrons. The second-order valence-corrected chi connectivity index (χ2v) is 7.49. The van der Waals surface area contributed by atoms with Crippen molar-refractivity contribution in [3.63, 3.8) is 0 Å². The van der Waals surface area contributed by atoms with E-state index in [4.69, 9.17) is 4.74 Å². The van der Waals surface area contributed by atoms with Crippen LogP contribution in [0.5, 0.6) is 5.75 Å². The van der Waals surface area contributed by atoms with Gasteiger partial charge >= 0.3 is 0 Å². The van der Waals surface area contributed by atoms with Gasteiger partial charge in [0.2, 0.25) is 0 Å². The quantitative estimate of drug-likeness (QED) is 0.412. The Morgan fingerprint density at radius 2 is 2.04 bits per heavy atom. The third kappa shape index (κ3) is 5.10. The van der Waals surface area contributed by atoms with Crippen LogP contribution >= 0.6 is 35.3 Å². The van der Waals surface area contributed by atoms with Crippen LogP contribution in [-0.4, -0.2) is 38.1 Å². The highest BCUT2D eigenvalue weighted by molar-refractivity contribution is 14.0. The summed E-state index contributed by atoms with van der Waals surface area (Å²) in [5.41, 5.74) is 1.38. The predicted octanol–water partition coefficient (Wildman–Crippen LogP) is 4.25. The van der Waals surface area contributed by atoms with Crippen LogP contribution < -0.4 is 10.1 Å². The van der Waals surface area contributed by atoms with Crippen molar-refractivity contribution in [2.45, 2.75) is 25.8 Å². The van der Waals surface area contributed by atoms with Crippen molar-refractivity contribution in [1.82, 2.24) is 10.2 Å². The summed E-state index contributed by atoms with van der Waals surface area (Å²) in [6, 6.07) is 12.8. The van der Waals surface area contributed by atoms with Gasteiger partial charge in [0.15, 0.2) is 5.96 Å². The van der Waals surface area contributed by atoms with Crippen molar-refractivity contribution >= 4 is 41.3 Å². The molecule has 1 aromatic carbocycles. The number of methoxy groups -OCH3 is 1. The minimum atomic E-state index is 0. The zero-order valence-corrected chi connectivity index (χ0v) is 18.1. The van der Waals surface area contributed by atoms with Crippen LogP contribution in [0.2, 0.25) is 0 Å². The lowest BCUT2D eigenvalue weighted by atomic mass is 9.98. The van der Waals surface area contributed by atoms with Gasteiger partial charge in [0.1, 0.15) is 5.75 Å². The lowest BCUT2D eigenvalue weighted by molar-refractivity contribution is 0.414. The maximum absolute atomic E-state index is 5.25. The Kier molecular flexibility index (Phi) is 7.56. The van der Waals surface area contributed by atoms with Crippen LogP contribution in [0.15, 0.2) is 41.4 Å². The molecule has 25 heavy (non-hydrogen) atoms.